The molecule has 0 saturated heterocycles. The summed E-state index contributed by atoms with van der Waals surface area (Å²) < 4.78 is 9.70. The lowest BCUT2D eigenvalue weighted by Gasteiger charge is -2.16. The van der Waals surface area contributed by atoms with Gasteiger partial charge in [-0.05, 0) is 75.2 Å². The second kappa shape index (κ2) is 10.3. The molecule has 0 fully saturated rings. The van der Waals surface area contributed by atoms with Gasteiger partial charge in [0.15, 0.2) is 5.82 Å². The molecule has 0 aromatic heterocycles. The van der Waals surface area contributed by atoms with Crippen molar-refractivity contribution in [2.24, 2.45) is 7.05 Å². The van der Waals surface area contributed by atoms with Crippen LogP contribution in [-0.4, -0.2) is 50.5 Å². The number of amides is 1. The van der Waals surface area contributed by atoms with Crippen molar-refractivity contribution < 1.29 is 9.53 Å². The zero-order valence-corrected chi connectivity index (χ0v) is 20.5. The molecule has 7 nitrogen and oxygen atoms in total. The predicted molar refractivity (Wildman–Crippen MR) is 123 cm³/mol. The number of aryl methyl sites for hydroxylation is 2. The maximum Gasteiger partial charge on any atom is 0.219 e. The molecule has 3 rings (SSSR count). The molecule has 1 amide bonds. The van der Waals surface area contributed by atoms with Gasteiger partial charge in [-0.3, -0.25) is 4.79 Å². The van der Waals surface area contributed by atoms with Crippen molar-refractivity contribution in [3.63, 3.8) is 0 Å². The normalized spacial score (nSPS) is 11.1. The summed E-state index contributed by atoms with van der Waals surface area (Å²) in [6.07, 6.45) is 6.84. The summed E-state index contributed by atoms with van der Waals surface area (Å²) >= 11 is 7.21. The van der Waals surface area contributed by atoms with Crippen LogP contribution in [0.5, 0.6) is 5.75 Å². The number of carbonyl (C=O) groups is 1. The highest BCUT2D eigenvalue weighted by Crippen LogP contribution is 2.35. The van der Waals surface area contributed by atoms with Crippen molar-refractivity contribution >= 4 is 37.8 Å². The van der Waals surface area contributed by atoms with Crippen molar-refractivity contribution in [1.29, 1.82) is 0 Å². The summed E-state index contributed by atoms with van der Waals surface area (Å²) in [7, 11) is 3.73. The maximum atomic E-state index is 11.4. The molecule has 0 N–H and O–H groups in total. The van der Waals surface area contributed by atoms with E-state index in [1.807, 2.05) is 30.8 Å². The third-order valence-corrected chi connectivity index (χ3v) is 6.14. The average Bonchev–Trinajstić information content (AvgIpc) is 3.20. The number of unbranched alkanes of at least 4 members (excludes halogenated alkanes) is 1. The number of halogens is 2. The molecule has 0 bridgehead atoms. The van der Waals surface area contributed by atoms with E-state index in [9.17, 15) is 4.79 Å². The van der Waals surface area contributed by atoms with E-state index >= 15 is 0 Å². The molecule has 0 atom stereocenters. The highest BCUT2D eigenvalue weighted by atomic mass is 79.9. The lowest BCUT2D eigenvalue weighted by molar-refractivity contribution is -0.127. The van der Waals surface area contributed by atoms with Crippen molar-refractivity contribution in [3.05, 3.63) is 45.0 Å². The molecule has 1 aromatic carbocycles. The van der Waals surface area contributed by atoms with E-state index in [0.717, 1.165) is 63.2 Å². The van der Waals surface area contributed by atoms with Crippen molar-refractivity contribution in [3.8, 4) is 17.3 Å². The number of ether oxygens (including phenoxy) is 1. The quantitative estimate of drug-likeness (QED) is 0.380. The Hall–Kier alpha value is -2.00. The SMILES string of the molecule is CC(=O)N(C)CCc1cc(Br)c(OCCCCc2ncn(C)c3ncnc2-3)c(Br)c1. The van der Waals surface area contributed by atoms with E-state index in [1.165, 1.54) is 0 Å². The second-order valence-electron chi connectivity index (χ2n) is 7.23. The van der Waals surface area contributed by atoms with Crippen LogP contribution < -0.4 is 4.74 Å². The van der Waals surface area contributed by atoms with Gasteiger partial charge in [0.05, 0.1) is 27.6 Å². The first-order valence-electron chi connectivity index (χ1n) is 9.80. The Morgan fingerprint density at radius 3 is 2.57 bits per heavy atom. The Morgan fingerprint density at radius 2 is 1.87 bits per heavy atom. The van der Waals surface area contributed by atoms with Crippen molar-refractivity contribution in [2.45, 2.75) is 32.6 Å². The summed E-state index contributed by atoms with van der Waals surface area (Å²) in [5, 5.41) is 0. The van der Waals surface area contributed by atoms with Crippen LogP contribution in [0.15, 0.2) is 33.7 Å². The summed E-state index contributed by atoms with van der Waals surface area (Å²) in [6, 6.07) is 4.10. The van der Waals surface area contributed by atoms with Crippen molar-refractivity contribution in [2.75, 3.05) is 20.2 Å². The van der Waals surface area contributed by atoms with E-state index in [1.54, 1.807) is 24.5 Å². The first-order chi connectivity index (χ1) is 14.4. The van der Waals surface area contributed by atoms with E-state index in [2.05, 4.69) is 46.8 Å². The molecule has 160 valence electrons. The van der Waals surface area contributed by atoms with Crippen molar-refractivity contribution in [1.82, 2.24) is 24.4 Å². The Bertz CT molecular complexity index is 968. The summed E-state index contributed by atoms with van der Waals surface area (Å²) in [4.78, 5) is 26.2. The molecular formula is C21H25Br2N5O2. The zero-order chi connectivity index (χ0) is 21.7. The summed E-state index contributed by atoms with van der Waals surface area (Å²) in [5.74, 6) is 1.73. The van der Waals surface area contributed by atoms with E-state index in [0.29, 0.717) is 13.2 Å². The van der Waals surface area contributed by atoms with Crippen LogP contribution >= 0.6 is 31.9 Å². The first kappa shape index (κ1) is 22.7. The molecule has 2 heterocycles. The molecule has 0 aliphatic carbocycles. The van der Waals surface area contributed by atoms with Gasteiger partial charge in [0.25, 0.3) is 0 Å². The Balaban J connectivity index is 1.49. The molecule has 30 heavy (non-hydrogen) atoms. The topological polar surface area (TPSA) is 73.1 Å². The van der Waals surface area contributed by atoms with Crippen LogP contribution in [-0.2, 0) is 24.7 Å². The minimum absolute atomic E-state index is 0.0684. The molecule has 0 unspecified atom stereocenters. The number of aromatic nitrogens is 4. The number of nitrogens with zero attached hydrogens (tertiary/aromatic N) is 5. The standard InChI is InChI=1S/C21H25Br2N5O2/c1-14(29)27(2)8-7-15-10-16(22)20(17(23)11-15)30-9-5-4-6-18-19-21(25-12-24-19)28(3)13-26-18/h10-13H,4-9H2,1-3H3. The smallest absolute Gasteiger partial charge is 0.219 e. The fourth-order valence-electron chi connectivity index (χ4n) is 3.09. The van der Waals surface area contributed by atoms with Gasteiger partial charge in [-0.1, -0.05) is 0 Å². The lowest BCUT2D eigenvalue weighted by Crippen LogP contribution is -2.26. The van der Waals surface area contributed by atoms with Crippen LogP contribution in [0.3, 0.4) is 0 Å². The highest BCUT2D eigenvalue weighted by molar-refractivity contribution is 9.11. The second-order valence-corrected chi connectivity index (χ2v) is 8.94. The van der Waals surface area contributed by atoms with E-state index < -0.39 is 0 Å². The number of hydrogen-bond acceptors (Lipinski definition) is 5. The molecule has 0 spiro atoms. The van der Waals surface area contributed by atoms with Gasteiger partial charge in [-0.25, -0.2) is 15.0 Å². The highest BCUT2D eigenvalue weighted by Gasteiger charge is 2.15. The number of carbonyl (C=O) groups excluding carboxylic acids is 1. The number of fused-ring (bicyclic) bond motifs is 1. The van der Waals surface area contributed by atoms with E-state index in [4.69, 9.17) is 4.74 Å². The number of benzene rings is 1. The fourth-order valence-corrected chi connectivity index (χ4v) is 4.60. The number of rotatable bonds is 9. The maximum absolute atomic E-state index is 11.4. The van der Waals surface area contributed by atoms with E-state index in [-0.39, 0.29) is 5.91 Å². The minimum Gasteiger partial charge on any atom is -0.491 e. The largest absolute Gasteiger partial charge is 0.491 e. The van der Waals surface area contributed by atoms with Crippen LogP contribution in [0.2, 0.25) is 0 Å². The summed E-state index contributed by atoms with van der Waals surface area (Å²) in [5.41, 5.74) is 2.98. The molecule has 1 aromatic rings. The molecule has 0 radical (unpaired) electrons. The van der Waals surface area contributed by atoms with Gasteiger partial charge in [-0.15, -0.1) is 0 Å². The zero-order valence-electron chi connectivity index (χ0n) is 17.4. The number of likely N-dealkylation sites (N-methyl/N-ethyl adjacent to an activating group) is 1. The molecule has 0 saturated carbocycles. The number of imidazole rings is 1. The third-order valence-electron chi connectivity index (χ3n) is 4.96. The van der Waals surface area contributed by atoms with Gasteiger partial charge in [0, 0.05) is 27.6 Å². The Labute approximate surface area is 193 Å². The van der Waals surface area contributed by atoms with Crippen LogP contribution in [0.25, 0.3) is 11.5 Å². The van der Waals surface area contributed by atoms with Gasteiger partial charge in [0.2, 0.25) is 5.91 Å². The van der Waals surface area contributed by atoms with Gasteiger partial charge < -0.3 is 14.2 Å². The predicted octanol–water partition coefficient (Wildman–Crippen LogP) is 4.26. The Kier molecular flexibility index (Phi) is 7.82. The molecule has 2 aliphatic rings. The number of hydrogen-bond donors (Lipinski definition) is 0. The van der Waals surface area contributed by atoms with Gasteiger partial charge >= 0.3 is 0 Å². The van der Waals surface area contributed by atoms with Crippen LogP contribution in [0.1, 0.15) is 31.0 Å². The molecular weight excluding hydrogens is 514 g/mol. The minimum atomic E-state index is 0.0684. The van der Waals surface area contributed by atoms with Crippen LogP contribution in [0, 0.1) is 0 Å². The van der Waals surface area contributed by atoms with Gasteiger partial charge in [-0.2, -0.15) is 0 Å². The Morgan fingerprint density at radius 1 is 1.13 bits per heavy atom. The lowest BCUT2D eigenvalue weighted by atomic mass is 10.1. The summed E-state index contributed by atoms with van der Waals surface area (Å²) in [6.45, 7) is 2.87. The third kappa shape index (κ3) is 5.57. The fraction of sp³-hybridized carbons (Fsp3) is 0.429. The molecule has 9 heteroatoms. The monoisotopic (exact) mass is 537 g/mol. The van der Waals surface area contributed by atoms with Gasteiger partial charge in [0.1, 0.15) is 17.8 Å². The van der Waals surface area contributed by atoms with Crippen LogP contribution in [0.4, 0.5) is 0 Å². The first-order valence-corrected chi connectivity index (χ1v) is 11.4. The average molecular weight is 539 g/mol. The molecule has 2 aliphatic heterocycles.